The van der Waals surface area contributed by atoms with Crippen LogP contribution in [0.1, 0.15) is 56.3 Å². The van der Waals surface area contributed by atoms with Gasteiger partial charge >= 0.3 is 5.97 Å². The lowest BCUT2D eigenvalue weighted by Crippen LogP contribution is -2.47. The molecule has 150 valence electrons. The third kappa shape index (κ3) is 4.43. The summed E-state index contributed by atoms with van der Waals surface area (Å²) in [7, 11) is 0. The molecule has 1 aliphatic carbocycles. The van der Waals surface area contributed by atoms with Gasteiger partial charge in [-0.15, -0.1) is 0 Å². The first-order chi connectivity index (χ1) is 13.4. The summed E-state index contributed by atoms with van der Waals surface area (Å²) in [6.45, 7) is 7.61. The summed E-state index contributed by atoms with van der Waals surface area (Å²) in [4.78, 5) is 29.3. The summed E-state index contributed by atoms with van der Waals surface area (Å²) in [5, 5.41) is 3.04. The predicted octanol–water partition coefficient (Wildman–Crippen LogP) is 4.14. The molecule has 1 saturated carbocycles. The second kappa shape index (κ2) is 8.59. The molecule has 0 radical (unpaired) electrons. The summed E-state index contributed by atoms with van der Waals surface area (Å²) < 4.78 is 11.0. The van der Waals surface area contributed by atoms with Gasteiger partial charge in [-0.3, -0.25) is 4.79 Å². The summed E-state index contributed by atoms with van der Waals surface area (Å²) in [6.07, 6.45) is 2.35. The van der Waals surface area contributed by atoms with Gasteiger partial charge < -0.3 is 14.5 Å². The fourth-order valence-electron chi connectivity index (χ4n) is 3.65. The number of rotatable bonds is 5. The smallest absolute Gasteiger partial charge is 0.361 e. The fourth-order valence-corrected chi connectivity index (χ4v) is 3.65. The number of nitrogens with one attached hydrogen (secondary N) is 1. The van der Waals surface area contributed by atoms with E-state index in [2.05, 4.69) is 24.1 Å². The lowest BCUT2D eigenvalue weighted by Gasteiger charge is -2.35. The Kier molecular flexibility index (Phi) is 6.17. The minimum atomic E-state index is -0.895. The molecule has 1 fully saturated rings. The van der Waals surface area contributed by atoms with E-state index in [1.165, 1.54) is 6.42 Å². The number of oxazole rings is 1. The first kappa shape index (κ1) is 20.1. The molecule has 1 aromatic carbocycles. The molecule has 6 nitrogen and oxygen atoms in total. The SMILES string of the molecule is Cc1oc(-c2ccccc2)nc1C(=O)O[C@@H](C)C(=O)N[C@@H]1CCC[C@H](C)[C@@H]1C. The van der Waals surface area contributed by atoms with E-state index in [9.17, 15) is 9.59 Å². The molecule has 0 aliphatic heterocycles. The first-order valence-corrected chi connectivity index (χ1v) is 9.91. The zero-order valence-electron chi connectivity index (χ0n) is 16.9. The Labute approximate surface area is 165 Å². The molecule has 28 heavy (non-hydrogen) atoms. The average molecular weight is 384 g/mol. The molecule has 0 unspecified atom stereocenters. The number of amides is 1. The van der Waals surface area contributed by atoms with Gasteiger partial charge in [0.1, 0.15) is 5.76 Å². The van der Waals surface area contributed by atoms with Crippen LogP contribution in [0.2, 0.25) is 0 Å². The van der Waals surface area contributed by atoms with Gasteiger partial charge in [-0.05, 0) is 44.2 Å². The maximum atomic E-state index is 12.5. The van der Waals surface area contributed by atoms with Crippen LogP contribution < -0.4 is 5.32 Å². The number of benzene rings is 1. The second-order valence-electron chi connectivity index (χ2n) is 7.72. The molecule has 0 bridgehead atoms. The quantitative estimate of drug-likeness (QED) is 0.784. The van der Waals surface area contributed by atoms with Crippen LogP contribution in [-0.2, 0) is 9.53 Å². The van der Waals surface area contributed by atoms with Crippen LogP contribution >= 0.6 is 0 Å². The molecule has 4 atom stereocenters. The van der Waals surface area contributed by atoms with E-state index in [1.54, 1.807) is 13.8 Å². The molecule has 3 rings (SSSR count). The average Bonchev–Trinajstić information content (AvgIpc) is 3.08. The van der Waals surface area contributed by atoms with Crippen LogP contribution in [0, 0.1) is 18.8 Å². The molecule has 0 spiro atoms. The second-order valence-corrected chi connectivity index (χ2v) is 7.72. The van der Waals surface area contributed by atoms with Crippen molar-refractivity contribution in [3.05, 3.63) is 41.8 Å². The normalized spacial score (nSPS) is 23.1. The highest BCUT2D eigenvalue weighted by Gasteiger charge is 2.31. The fraction of sp³-hybridized carbons (Fsp3) is 0.500. The molecular weight excluding hydrogens is 356 g/mol. The molecule has 1 amide bonds. The van der Waals surface area contributed by atoms with Crippen LogP contribution in [0.25, 0.3) is 11.5 Å². The van der Waals surface area contributed by atoms with Crippen LogP contribution in [0.5, 0.6) is 0 Å². The Morgan fingerprint density at radius 1 is 1.21 bits per heavy atom. The summed E-state index contributed by atoms with van der Waals surface area (Å²) in [6, 6.07) is 9.45. The highest BCUT2D eigenvalue weighted by Crippen LogP contribution is 2.29. The summed E-state index contributed by atoms with van der Waals surface area (Å²) in [5.74, 6) is 0.774. The molecule has 0 saturated heterocycles. The van der Waals surface area contributed by atoms with E-state index in [0.29, 0.717) is 23.5 Å². The van der Waals surface area contributed by atoms with Gasteiger partial charge in [-0.25, -0.2) is 9.78 Å². The van der Waals surface area contributed by atoms with Gasteiger partial charge in [0.15, 0.2) is 11.8 Å². The number of aryl methyl sites for hydroxylation is 1. The van der Waals surface area contributed by atoms with Crippen molar-refractivity contribution in [2.24, 2.45) is 11.8 Å². The molecule has 6 heteroatoms. The van der Waals surface area contributed by atoms with Gasteiger partial charge in [0, 0.05) is 11.6 Å². The highest BCUT2D eigenvalue weighted by molar-refractivity contribution is 5.91. The minimum absolute atomic E-state index is 0.0955. The third-order valence-electron chi connectivity index (χ3n) is 5.70. The molecule has 1 N–H and O–H groups in total. The lowest BCUT2D eigenvalue weighted by atomic mass is 9.78. The Hall–Kier alpha value is -2.63. The Morgan fingerprint density at radius 2 is 1.93 bits per heavy atom. The molecule has 1 aromatic heterocycles. The number of hydrogen-bond donors (Lipinski definition) is 1. The lowest BCUT2D eigenvalue weighted by molar-refractivity contribution is -0.130. The number of hydrogen-bond acceptors (Lipinski definition) is 5. The Bertz CT molecular complexity index is 830. The van der Waals surface area contributed by atoms with E-state index in [-0.39, 0.29) is 17.6 Å². The van der Waals surface area contributed by atoms with Gasteiger partial charge in [-0.2, -0.15) is 0 Å². The summed E-state index contributed by atoms with van der Waals surface area (Å²) >= 11 is 0. The van der Waals surface area contributed by atoms with Crippen LogP contribution in [0.4, 0.5) is 0 Å². The molecule has 1 aliphatic rings. The first-order valence-electron chi connectivity index (χ1n) is 9.91. The van der Waals surface area contributed by atoms with Crippen molar-refractivity contribution >= 4 is 11.9 Å². The van der Waals surface area contributed by atoms with Gasteiger partial charge in [0.05, 0.1) is 0 Å². The monoisotopic (exact) mass is 384 g/mol. The van der Waals surface area contributed by atoms with Crippen LogP contribution in [0.3, 0.4) is 0 Å². The van der Waals surface area contributed by atoms with Gasteiger partial charge in [0.25, 0.3) is 5.91 Å². The Balaban J connectivity index is 1.62. The topological polar surface area (TPSA) is 81.4 Å². The van der Waals surface area contributed by atoms with Crippen molar-refractivity contribution in [3.63, 3.8) is 0 Å². The van der Waals surface area contributed by atoms with E-state index in [4.69, 9.17) is 9.15 Å². The van der Waals surface area contributed by atoms with Crippen molar-refractivity contribution in [3.8, 4) is 11.5 Å². The van der Waals surface area contributed by atoms with Crippen molar-refractivity contribution in [1.29, 1.82) is 0 Å². The van der Waals surface area contributed by atoms with E-state index >= 15 is 0 Å². The zero-order valence-corrected chi connectivity index (χ0v) is 16.9. The largest absolute Gasteiger partial charge is 0.448 e. The third-order valence-corrected chi connectivity index (χ3v) is 5.70. The molecular formula is C22H28N2O4. The number of esters is 1. The van der Waals surface area contributed by atoms with E-state index in [1.807, 2.05) is 30.3 Å². The summed E-state index contributed by atoms with van der Waals surface area (Å²) in [5.41, 5.74) is 0.869. The van der Waals surface area contributed by atoms with Crippen molar-refractivity contribution in [1.82, 2.24) is 10.3 Å². The van der Waals surface area contributed by atoms with Gasteiger partial charge in [0.2, 0.25) is 5.89 Å². The number of aromatic nitrogens is 1. The number of ether oxygens (including phenoxy) is 1. The highest BCUT2D eigenvalue weighted by atomic mass is 16.5. The van der Waals surface area contributed by atoms with Crippen molar-refractivity contribution in [2.75, 3.05) is 0 Å². The number of carbonyl (C=O) groups is 2. The Morgan fingerprint density at radius 3 is 2.64 bits per heavy atom. The van der Waals surface area contributed by atoms with Crippen LogP contribution in [-0.4, -0.2) is 29.0 Å². The number of carbonyl (C=O) groups excluding carboxylic acids is 2. The minimum Gasteiger partial charge on any atom is -0.448 e. The predicted molar refractivity (Wildman–Crippen MR) is 106 cm³/mol. The van der Waals surface area contributed by atoms with Crippen LogP contribution in [0.15, 0.2) is 34.7 Å². The van der Waals surface area contributed by atoms with E-state index < -0.39 is 12.1 Å². The maximum absolute atomic E-state index is 12.5. The van der Waals surface area contributed by atoms with Crippen molar-refractivity contribution < 1.29 is 18.7 Å². The maximum Gasteiger partial charge on any atom is 0.361 e. The standard InChI is InChI=1S/C22H28N2O4/c1-13-9-8-12-18(14(13)2)23-20(25)16(4)28-22(26)19-15(3)27-21(24-19)17-10-6-5-7-11-17/h5-7,10-11,13-14,16,18H,8-9,12H2,1-4H3,(H,23,25)/t13-,14-,16-,18+/m0/s1. The molecule has 1 heterocycles. The van der Waals surface area contributed by atoms with Gasteiger partial charge in [-0.1, -0.05) is 44.9 Å². The molecule has 2 aromatic rings. The zero-order chi connectivity index (χ0) is 20.3. The number of nitrogens with zero attached hydrogens (tertiary/aromatic N) is 1. The van der Waals surface area contributed by atoms with Crippen molar-refractivity contribution in [2.45, 2.75) is 59.1 Å². The van der Waals surface area contributed by atoms with E-state index in [0.717, 1.165) is 18.4 Å².